The summed E-state index contributed by atoms with van der Waals surface area (Å²) in [4.78, 5) is 14.4. The highest BCUT2D eigenvalue weighted by Crippen LogP contribution is 2.31. The Hall–Kier alpha value is -2.00. The Bertz CT molecular complexity index is 686. The highest BCUT2D eigenvalue weighted by molar-refractivity contribution is 6.30. The Morgan fingerprint density at radius 2 is 2.09 bits per heavy atom. The number of hydrogen-bond acceptors (Lipinski definition) is 2. The molecule has 114 valence electrons. The largest absolute Gasteiger partial charge is 0.359 e. The van der Waals surface area contributed by atoms with Crippen molar-refractivity contribution in [1.82, 2.24) is 5.32 Å². The van der Waals surface area contributed by atoms with Crippen molar-refractivity contribution in [3.05, 3.63) is 64.7 Å². The lowest BCUT2D eigenvalue weighted by Gasteiger charge is -2.24. The van der Waals surface area contributed by atoms with Gasteiger partial charge in [-0.1, -0.05) is 41.9 Å². The van der Waals surface area contributed by atoms with Crippen molar-refractivity contribution in [2.45, 2.75) is 25.9 Å². The van der Waals surface area contributed by atoms with Crippen molar-refractivity contribution in [1.29, 1.82) is 0 Å². The van der Waals surface area contributed by atoms with E-state index in [1.807, 2.05) is 36.4 Å². The summed E-state index contributed by atoms with van der Waals surface area (Å²) >= 11 is 5.95. The van der Waals surface area contributed by atoms with Gasteiger partial charge >= 0.3 is 0 Å². The molecule has 1 aliphatic rings. The first-order chi connectivity index (χ1) is 10.6. The molecule has 1 aliphatic heterocycles. The molecule has 3 nitrogen and oxygen atoms in total. The molecule has 0 bridgehead atoms. The molecule has 0 radical (unpaired) electrons. The third-order valence-corrected chi connectivity index (χ3v) is 4.28. The van der Waals surface area contributed by atoms with Gasteiger partial charge in [0.1, 0.15) is 0 Å². The number of hydrogen-bond donors (Lipinski definition) is 1. The quantitative estimate of drug-likeness (QED) is 0.938. The summed E-state index contributed by atoms with van der Waals surface area (Å²) < 4.78 is 0. The number of amides is 1. The van der Waals surface area contributed by atoms with Gasteiger partial charge < -0.3 is 10.2 Å². The molecular weight excluding hydrogens is 296 g/mol. The highest BCUT2D eigenvalue weighted by atomic mass is 35.5. The van der Waals surface area contributed by atoms with Crippen molar-refractivity contribution in [2.24, 2.45) is 0 Å². The van der Waals surface area contributed by atoms with Crippen LogP contribution in [0.5, 0.6) is 0 Å². The molecule has 22 heavy (non-hydrogen) atoms. The summed E-state index contributed by atoms with van der Waals surface area (Å²) in [5.41, 5.74) is 3.50. The Balaban J connectivity index is 1.60. The summed E-state index contributed by atoms with van der Waals surface area (Å²) in [7, 11) is 0. The van der Waals surface area contributed by atoms with Gasteiger partial charge in [-0.15, -0.1) is 0 Å². The zero-order valence-corrected chi connectivity index (χ0v) is 13.3. The van der Waals surface area contributed by atoms with Crippen LogP contribution in [0.2, 0.25) is 5.02 Å². The fourth-order valence-corrected chi connectivity index (χ4v) is 3.14. The molecule has 0 aromatic heterocycles. The summed E-state index contributed by atoms with van der Waals surface area (Å²) in [6.45, 7) is 3.05. The molecule has 1 heterocycles. The van der Waals surface area contributed by atoms with Gasteiger partial charge in [0.05, 0.1) is 6.54 Å². The lowest BCUT2D eigenvalue weighted by molar-refractivity contribution is -0.120. The van der Waals surface area contributed by atoms with E-state index in [1.54, 1.807) is 0 Å². The van der Waals surface area contributed by atoms with E-state index in [9.17, 15) is 4.79 Å². The second-order valence-corrected chi connectivity index (χ2v) is 6.15. The average Bonchev–Trinajstić information content (AvgIpc) is 2.81. The Labute approximate surface area is 135 Å². The molecule has 2 aromatic carbocycles. The second kappa shape index (κ2) is 6.41. The Morgan fingerprint density at radius 1 is 1.27 bits per heavy atom. The topological polar surface area (TPSA) is 32.3 Å². The third kappa shape index (κ3) is 3.25. The van der Waals surface area contributed by atoms with E-state index < -0.39 is 0 Å². The van der Waals surface area contributed by atoms with Crippen molar-refractivity contribution in [3.63, 3.8) is 0 Å². The first-order valence-corrected chi connectivity index (χ1v) is 7.87. The van der Waals surface area contributed by atoms with Crippen LogP contribution in [-0.4, -0.2) is 18.5 Å². The van der Waals surface area contributed by atoms with Crippen LogP contribution >= 0.6 is 11.6 Å². The van der Waals surface area contributed by atoms with Gasteiger partial charge in [0.15, 0.2) is 0 Å². The lowest BCUT2D eigenvalue weighted by Crippen LogP contribution is -2.39. The molecule has 0 saturated heterocycles. The Kier molecular flexibility index (Phi) is 4.34. The first-order valence-electron chi connectivity index (χ1n) is 7.49. The summed E-state index contributed by atoms with van der Waals surface area (Å²) in [5.74, 6) is 0.0310. The van der Waals surface area contributed by atoms with Gasteiger partial charge in [0.2, 0.25) is 5.91 Å². The van der Waals surface area contributed by atoms with Crippen molar-refractivity contribution < 1.29 is 4.79 Å². The van der Waals surface area contributed by atoms with Crippen LogP contribution in [0.1, 0.15) is 18.1 Å². The minimum Gasteiger partial charge on any atom is -0.359 e. The third-order valence-electron chi connectivity index (χ3n) is 4.04. The number of anilines is 1. The average molecular weight is 315 g/mol. The number of nitrogens with zero attached hydrogens (tertiary/aromatic N) is 1. The van der Waals surface area contributed by atoms with Gasteiger partial charge in [0, 0.05) is 23.3 Å². The fraction of sp³-hybridized carbons (Fsp3) is 0.278. The molecule has 0 spiro atoms. The smallest absolute Gasteiger partial charge is 0.239 e. The van der Waals surface area contributed by atoms with Crippen molar-refractivity contribution in [2.75, 3.05) is 11.4 Å². The summed E-state index contributed by atoms with van der Waals surface area (Å²) in [6.07, 6.45) is 0.998. The Morgan fingerprint density at radius 3 is 2.91 bits per heavy atom. The molecule has 0 saturated carbocycles. The maximum atomic E-state index is 12.2. The number of nitrogens with one attached hydrogen (secondary N) is 1. The van der Waals surface area contributed by atoms with Crippen molar-refractivity contribution in [3.8, 4) is 0 Å². The molecule has 0 aliphatic carbocycles. The minimum atomic E-state index is 0.0310. The monoisotopic (exact) mass is 314 g/mol. The second-order valence-electron chi connectivity index (χ2n) is 5.72. The van der Waals surface area contributed by atoms with Gasteiger partial charge in [-0.25, -0.2) is 0 Å². The number of fused-ring (bicyclic) bond motifs is 1. The number of carbonyl (C=O) groups excluding carboxylic acids is 1. The SMILES string of the molecule is C[C@H]1Cc2ccccc2N1CC(=O)NCc1cccc(Cl)c1. The molecule has 0 fully saturated rings. The lowest BCUT2D eigenvalue weighted by atomic mass is 10.1. The number of rotatable bonds is 4. The number of benzene rings is 2. The van der Waals surface area contributed by atoms with Crippen LogP contribution < -0.4 is 10.2 Å². The van der Waals surface area contributed by atoms with E-state index in [1.165, 1.54) is 11.3 Å². The van der Waals surface area contributed by atoms with Crippen LogP contribution in [-0.2, 0) is 17.8 Å². The van der Waals surface area contributed by atoms with E-state index in [0.717, 1.165) is 12.0 Å². The van der Waals surface area contributed by atoms with Gasteiger partial charge in [-0.3, -0.25) is 4.79 Å². The van der Waals surface area contributed by atoms with E-state index in [0.29, 0.717) is 24.2 Å². The van der Waals surface area contributed by atoms with E-state index in [2.05, 4.69) is 29.3 Å². The number of para-hydroxylation sites is 1. The zero-order valence-electron chi connectivity index (χ0n) is 12.6. The standard InChI is InChI=1S/C18H19ClN2O/c1-13-9-15-6-2-3-8-17(15)21(13)12-18(22)20-11-14-5-4-7-16(19)10-14/h2-8,10,13H,9,11-12H2,1H3,(H,20,22)/t13-/m0/s1. The maximum Gasteiger partial charge on any atom is 0.239 e. The summed E-state index contributed by atoms with van der Waals surface area (Å²) in [6, 6.07) is 16.2. The number of halogens is 1. The van der Waals surface area contributed by atoms with Crippen LogP contribution in [0.15, 0.2) is 48.5 Å². The molecule has 2 aromatic rings. The van der Waals surface area contributed by atoms with E-state index in [4.69, 9.17) is 11.6 Å². The van der Waals surface area contributed by atoms with E-state index in [-0.39, 0.29) is 5.91 Å². The van der Waals surface area contributed by atoms with Crippen molar-refractivity contribution >= 4 is 23.2 Å². The van der Waals surface area contributed by atoms with Gasteiger partial charge in [-0.2, -0.15) is 0 Å². The number of carbonyl (C=O) groups is 1. The summed E-state index contributed by atoms with van der Waals surface area (Å²) in [5, 5.41) is 3.65. The predicted octanol–water partition coefficient (Wildman–Crippen LogP) is 3.41. The molecule has 1 amide bonds. The maximum absolute atomic E-state index is 12.2. The van der Waals surface area contributed by atoms with Gasteiger partial charge in [-0.05, 0) is 42.7 Å². The molecule has 3 rings (SSSR count). The zero-order chi connectivity index (χ0) is 15.5. The van der Waals surface area contributed by atoms with Gasteiger partial charge in [0.25, 0.3) is 0 Å². The fourth-order valence-electron chi connectivity index (χ4n) is 2.93. The normalized spacial score (nSPS) is 16.5. The molecular formula is C18H19ClN2O. The molecule has 1 atom stereocenters. The minimum absolute atomic E-state index is 0.0310. The molecule has 4 heteroatoms. The molecule has 1 N–H and O–H groups in total. The van der Waals surface area contributed by atoms with E-state index >= 15 is 0 Å². The van der Waals surface area contributed by atoms with Crippen LogP contribution in [0.3, 0.4) is 0 Å². The van der Waals surface area contributed by atoms with Crippen LogP contribution in [0, 0.1) is 0 Å². The molecule has 0 unspecified atom stereocenters. The van der Waals surface area contributed by atoms with Crippen LogP contribution in [0.25, 0.3) is 0 Å². The predicted molar refractivity (Wildman–Crippen MR) is 90.3 cm³/mol. The van der Waals surface area contributed by atoms with Crippen LogP contribution in [0.4, 0.5) is 5.69 Å². The first kappa shape index (κ1) is 14.9. The highest BCUT2D eigenvalue weighted by Gasteiger charge is 2.26.